The lowest BCUT2D eigenvalue weighted by atomic mass is 10.0. The summed E-state index contributed by atoms with van der Waals surface area (Å²) < 4.78 is 10.9. The van der Waals surface area contributed by atoms with Gasteiger partial charge in [-0.15, -0.1) is 11.3 Å². The summed E-state index contributed by atoms with van der Waals surface area (Å²) >= 11 is 6.98. The van der Waals surface area contributed by atoms with Gasteiger partial charge >= 0.3 is 5.97 Å². The second kappa shape index (κ2) is 11.0. The first-order chi connectivity index (χ1) is 16.5. The fourth-order valence-electron chi connectivity index (χ4n) is 3.52. The van der Waals surface area contributed by atoms with Gasteiger partial charge in [0.2, 0.25) is 0 Å². The molecule has 34 heavy (non-hydrogen) atoms. The summed E-state index contributed by atoms with van der Waals surface area (Å²) in [6.45, 7) is 2.49. The lowest BCUT2D eigenvalue weighted by Crippen LogP contribution is -2.20. The first-order valence-electron chi connectivity index (χ1n) is 10.7. The van der Waals surface area contributed by atoms with Gasteiger partial charge in [0.1, 0.15) is 22.9 Å². The number of carbonyl (C=O) groups is 1. The topological polar surface area (TPSA) is 59.6 Å². The minimum atomic E-state index is -0.409. The summed E-state index contributed by atoms with van der Waals surface area (Å²) in [6, 6.07) is 27.4. The Labute approximate surface area is 208 Å². The average Bonchev–Trinajstić information content (AvgIpc) is 3.19. The van der Waals surface area contributed by atoms with Crippen molar-refractivity contribution in [3.63, 3.8) is 0 Å². The van der Waals surface area contributed by atoms with E-state index in [9.17, 15) is 4.79 Å². The Hall–Kier alpha value is -3.68. The van der Waals surface area contributed by atoms with Gasteiger partial charge in [0.25, 0.3) is 0 Å². The summed E-state index contributed by atoms with van der Waals surface area (Å²) in [4.78, 5) is 13.6. The van der Waals surface area contributed by atoms with Gasteiger partial charge < -0.3 is 20.1 Å². The Bertz CT molecular complexity index is 1270. The molecule has 0 bridgehead atoms. The second-order valence-corrected chi connectivity index (χ2v) is 9.11. The van der Waals surface area contributed by atoms with E-state index in [4.69, 9.17) is 21.7 Å². The molecule has 0 aliphatic rings. The Morgan fingerprint density at radius 3 is 2.21 bits per heavy atom. The van der Waals surface area contributed by atoms with Crippen molar-refractivity contribution in [2.45, 2.75) is 13.5 Å². The molecule has 1 heterocycles. The molecule has 0 aliphatic heterocycles. The Kier molecular flexibility index (Phi) is 7.57. The van der Waals surface area contributed by atoms with Crippen LogP contribution in [0.2, 0.25) is 0 Å². The van der Waals surface area contributed by atoms with E-state index in [2.05, 4.69) is 10.6 Å². The van der Waals surface area contributed by atoms with Crippen LogP contribution >= 0.6 is 23.6 Å². The molecule has 3 aromatic carbocycles. The number of carbonyl (C=O) groups excluding carboxylic acids is 1. The van der Waals surface area contributed by atoms with E-state index < -0.39 is 5.97 Å². The van der Waals surface area contributed by atoms with Crippen molar-refractivity contribution in [2.75, 3.05) is 17.7 Å². The molecule has 0 saturated heterocycles. The van der Waals surface area contributed by atoms with E-state index in [0.29, 0.717) is 22.3 Å². The van der Waals surface area contributed by atoms with E-state index in [1.165, 1.54) is 18.4 Å². The summed E-state index contributed by atoms with van der Waals surface area (Å²) in [7, 11) is 1.38. The van der Waals surface area contributed by atoms with Crippen LogP contribution in [-0.2, 0) is 11.3 Å². The van der Waals surface area contributed by atoms with E-state index in [-0.39, 0.29) is 0 Å². The summed E-state index contributed by atoms with van der Waals surface area (Å²) in [5.74, 6) is 0.357. The van der Waals surface area contributed by atoms with Crippen molar-refractivity contribution in [3.8, 4) is 16.9 Å². The Morgan fingerprint density at radius 1 is 0.912 bits per heavy atom. The number of rotatable bonds is 7. The third-order valence-corrected chi connectivity index (χ3v) is 6.35. The minimum Gasteiger partial charge on any atom is -0.489 e. The van der Waals surface area contributed by atoms with Crippen LogP contribution in [0.5, 0.6) is 5.75 Å². The molecule has 0 amide bonds. The molecule has 0 saturated carbocycles. The number of thiophene rings is 1. The highest BCUT2D eigenvalue weighted by molar-refractivity contribution is 7.80. The zero-order chi connectivity index (χ0) is 23.9. The van der Waals surface area contributed by atoms with Crippen molar-refractivity contribution < 1.29 is 14.3 Å². The maximum absolute atomic E-state index is 12.6. The first-order valence-corrected chi connectivity index (χ1v) is 11.9. The predicted molar refractivity (Wildman–Crippen MR) is 143 cm³/mol. The van der Waals surface area contributed by atoms with Crippen LogP contribution in [0, 0.1) is 6.92 Å². The van der Waals surface area contributed by atoms with E-state index in [0.717, 1.165) is 33.0 Å². The van der Waals surface area contributed by atoms with Gasteiger partial charge in [-0.05, 0) is 54.5 Å². The molecule has 0 atom stereocenters. The van der Waals surface area contributed by atoms with Crippen molar-refractivity contribution in [1.29, 1.82) is 0 Å². The van der Waals surface area contributed by atoms with Crippen LogP contribution in [0.4, 0.5) is 10.7 Å². The third-order valence-electron chi connectivity index (χ3n) is 5.12. The number of hydrogen-bond donors (Lipinski definition) is 2. The standard InChI is InChI=1S/C27H24N2O3S2/c1-18-23(20-11-7-4-8-12-20)24(26(30)31-2)25(34-18)29-27(33)28-21-13-15-22(16-14-21)32-17-19-9-5-3-6-10-19/h3-16H,17H2,1-2H3,(H2,28,29,33). The quantitative estimate of drug-likeness (QED) is 0.218. The maximum atomic E-state index is 12.6. The SMILES string of the molecule is COC(=O)c1c(NC(=S)Nc2ccc(OCc3ccccc3)cc2)sc(C)c1-c1ccccc1. The van der Waals surface area contributed by atoms with Crippen LogP contribution in [0.25, 0.3) is 11.1 Å². The zero-order valence-corrected chi connectivity index (χ0v) is 20.5. The van der Waals surface area contributed by atoms with Crippen LogP contribution in [0.3, 0.4) is 0 Å². The van der Waals surface area contributed by atoms with Crippen molar-refractivity contribution in [2.24, 2.45) is 0 Å². The second-order valence-electron chi connectivity index (χ2n) is 7.47. The highest BCUT2D eigenvalue weighted by atomic mass is 32.1. The number of esters is 1. The monoisotopic (exact) mass is 488 g/mol. The number of thiocarbonyl (C=S) groups is 1. The first kappa shape index (κ1) is 23.5. The van der Waals surface area contributed by atoms with E-state index in [1.807, 2.05) is 91.9 Å². The van der Waals surface area contributed by atoms with Crippen LogP contribution in [0.1, 0.15) is 20.8 Å². The molecule has 2 N–H and O–H groups in total. The number of anilines is 2. The molecule has 172 valence electrons. The molecule has 0 spiro atoms. The zero-order valence-electron chi connectivity index (χ0n) is 18.8. The lowest BCUT2D eigenvalue weighted by molar-refractivity contribution is 0.0603. The predicted octanol–water partition coefficient (Wildman–Crippen LogP) is 6.90. The molecule has 0 unspecified atom stereocenters. The molecule has 5 nitrogen and oxygen atoms in total. The fraction of sp³-hybridized carbons (Fsp3) is 0.111. The van der Waals surface area contributed by atoms with Gasteiger partial charge in [0.05, 0.1) is 7.11 Å². The number of aryl methyl sites for hydroxylation is 1. The number of hydrogen-bond acceptors (Lipinski definition) is 5. The average molecular weight is 489 g/mol. The smallest absolute Gasteiger partial charge is 0.341 e. The van der Waals surface area contributed by atoms with Gasteiger partial charge in [-0.3, -0.25) is 0 Å². The van der Waals surface area contributed by atoms with Crippen molar-refractivity contribution >= 4 is 45.3 Å². The molecule has 0 aliphatic carbocycles. The van der Waals surface area contributed by atoms with Crippen molar-refractivity contribution in [3.05, 3.63) is 101 Å². The number of methoxy groups -OCH3 is 1. The van der Waals surface area contributed by atoms with Gasteiger partial charge in [-0.1, -0.05) is 60.7 Å². The van der Waals surface area contributed by atoms with Gasteiger partial charge in [-0.25, -0.2) is 4.79 Å². The molecule has 7 heteroatoms. The largest absolute Gasteiger partial charge is 0.489 e. The van der Waals surface area contributed by atoms with E-state index in [1.54, 1.807) is 0 Å². The number of ether oxygens (including phenoxy) is 2. The Balaban J connectivity index is 1.45. The molecule has 0 fully saturated rings. The van der Waals surface area contributed by atoms with Gasteiger partial charge in [0.15, 0.2) is 5.11 Å². The van der Waals surface area contributed by atoms with E-state index >= 15 is 0 Å². The normalized spacial score (nSPS) is 10.4. The van der Waals surface area contributed by atoms with Crippen molar-refractivity contribution in [1.82, 2.24) is 0 Å². The summed E-state index contributed by atoms with van der Waals surface area (Å²) in [5.41, 5.74) is 4.20. The highest BCUT2D eigenvalue weighted by Gasteiger charge is 2.24. The number of benzene rings is 3. The lowest BCUT2D eigenvalue weighted by Gasteiger charge is -2.12. The Morgan fingerprint density at radius 2 is 1.56 bits per heavy atom. The van der Waals surface area contributed by atoms with Gasteiger partial charge in [-0.2, -0.15) is 0 Å². The molecular formula is C27H24N2O3S2. The molecule has 0 radical (unpaired) electrons. The van der Waals surface area contributed by atoms with Crippen LogP contribution in [-0.4, -0.2) is 18.2 Å². The molecule has 1 aromatic heterocycles. The summed E-state index contributed by atoms with van der Waals surface area (Å²) in [6.07, 6.45) is 0. The van der Waals surface area contributed by atoms with Crippen LogP contribution in [0.15, 0.2) is 84.9 Å². The molecule has 4 rings (SSSR count). The molecular weight excluding hydrogens is 464 g/mol. The van der Waals surface area contributed by atoms with Gasteiger partial charge in [0, 0.05) is 16.1 Å². The molecule has 4 aromatic rings. The number of nitrogens with one attached hydrogen (secondary N) is 2. The summed E-state index contributed by atoms with van der Waals surface area (Å²) in [5, 5.41) is 7.36. The third kappa shape index (κ3) is 5.62. The van der Waals surface area contributed by atoms with Crippen LogP contribution < -0.4 is 15.4 Å². The fourth-order valence-corrected chi connectivity index (χ4v) is 4.88. The highest BCUT2D eigenvalue weighted by Crippen LogP contribution is 2.40. The maximum Gasteiger partial charge on any atom is 0.341 e. The minimum absolute atomic E-state index is 0.379.